The van der Waals surface area contributed by atoms with Crippen molar-refractivity contribution in [3.8, 4) is 33.4 Å². The molecule has 0 bridgehead atoms. The molecule has 0 radical (unpaired) electrons. The van der Waals surface area contributed by atoms with Crippen LogP contribution in [0.5, 0.6) is 0 Å². The number of hydrogen-bond acceptors (Lipinski definition) is 0. The van der Waals surface area contributed by atoms with E-state index in [1.165, 1.54) is 83.5 Å². The Bertz CT molecular complexity index is 2530. The van der Waals surface area contributed by atoms with Gasteiger partial charge in [0, 0.05) is 0 Å². The zero-order valence-corrected chi connectivity index (χ0v) is 41.2. The zero-order chi connectivity index (χ0) is 40.9. The van der Waals surface area contributed by atoms with Crippen LogP contribution in [0.1, 0.15) is 97.2 Å². The largest absolute Gasteiger partial charge is 1.00 e. The first-order valence-corrected chi connectivity index (χ1v) is 25.2. The molecule has 0 saturated carbocycles. The van der Waals surface area contributed by atoms with E-state index in [1.807, 2.05) is 0 Å². The van der Waals surface area contributed by atoms with Crippen LogP contribution in [0.3, 0.4) is 0 Å². The fraction of sp³-hybridized carbons (Fsp3) is 0.281. The van der Waals surface area contributed by atoms with E-state index in [-0.39, 0.29) is 35.6 Å². The van der Waals surface area contributed by atoms with Gasteiger partial charge in [-0.15, -0.1) is 0 Å². The van der Waals surface area contributed by atoms with Crippen LogP contribution in [0, 0.1) is 27.7 Å². The van der Waals surface area contributed by atoms with E-state index in [2.05, 4.69) is 209 Å². The van der Waals surface area contributed by atoms with Gasteiger partial charge in [-0.1, -0.05) is 0 Å². The average Bonchev–Trinajstić information content (AvgIpc) is 3.82. The van der Waals surface area contributed by atoms with E-state index in [9.17, 15) is 0 Å². The maximum absolute atomic E-state index is 2.91. The van der Waals surface area contributed by atoms with Crippen molar-refractivity contribution in [1.82, 2.24) is 0 Å². The van der Waals surface area contributed by atoms with Gasteiger partial charge in [-0.3, -0.25) is 0 Å². The van der Waals surface area contributed by atoms with Gasteiger partial charge in [0.05, 0.1) is 0 Å². The molecule has 3 heteroatoms. The Labute approximate surface area is 381 Å². The van der Waals surface area contributed by atoms with Crippen molar-refractivity contribution in [1.29, 1.82) is 0 Å². The van der Waals surface area contributed by atoms with Crippen molar-refractivity contribution < 1.29 is 46.1 Å². The predicted molar refractivity (Wildman–Crippen MR) is 249 cm³/mol. The van der Waals surface area contributed by atoms with Crippen molar-refractivity contribution >= 4 is 6.48 Å². The molecule has 0 atom stereocenters. The second-order valence-electron chi connectivity index (χ2n) is 19.3. The van der Waals surface area contributed by atoms with E-state index in [0.29, 0.717) is 3.63 Å². The van der Waals surface area contributed by atoms with E-state index in [1.54, 1.807) is 12.0 Å². The van der Waals surface area contributed by atoms with Gasteiger partial charge in [-0.05, 0) is 0 Å². The van der Waals surface area contributed by atoms with Gasteiger partial charge in [0.2, 0.25) is 0 Å². The summed E-state index contributed by atoms with van der Waals surface area (Å²) in [6, 6.07) is 44.9. The summed E-state index contributed by atoms with van der Waals surface area (Å²) in [5, 5.41) is 0. The molecule has 8 rings (SSSR count). The average molecular weight is 907 g/mol. The van der Waals surface area contributed by atoms with Crippen molar-refractivity contribution in [3.05, 3.63) is 195 Å². The summed E-state index contributed by atoms with van der Waals surface area (Å²) in [4.78, 5) is 0. The van der Waals surface area contributed by atoms with Crippen LogP contribution in [-0.2, 0) is 51.4 Å². The number of hydrogen-bond donors (Lipinski definition) is 0. The third-order valence-electron chi connectivity index (χ3n) is 12.2. The monoisotopic (exact) mass is 904 g/mol. The molecule has 6 aromatic rings. The first kappa shape index (κ1) is 45.7. The number of fused-ring (bicyclic) bond motifs is 3. The molecule has 306 valence electrons. The standard InChI is InChI=1S/C37H41.C15H14.C5H5.2ClH.Zr/c1-22-11-23(2)14-26(13-22)32-18-28-17-29-19-33(27-15-24(3)12-25(4)16-27)35(37(8,9)10)21-31(29)30(28)20-34(32)36(5,6)7;1-3-8-14(9-4-1)12-7-13-15-10-5-2-6-11-15;1-2-4-5-3-1;;;/h11-16,18,20-21H,17H2,1-10H3;1-6,8-11H,12-13H2;1-5H;2*1H;/q;;;;;+2/p-2. The van der Waals surface area contributed by atoms with Crippen molar-refractivity contribution in [2.24, 2.45) is 0 Å². The number of benzene rings is 6. The van der Waals surface area contributed by atoms with Crippen LogP contribution < -0.4 is 28.1 Å². The van der Waals surface area contributed by atoms with Crippen LogP contribution in [0.2, 0.25) is 3.63 Å². The molecule has 0 N–H and O–H groups in total. The summed E-state index contributed by atoms with van der Waals surface area (Å²) in [5.41, 5.74) is 22.6. The molecule has 2 aliphatic rings. The Morgan fingerprint density at radius 3 is 1.48 bits per heavy atom. The minimum absolute atomic E-state index is 0. The fourth-order valence-corrected chi connectivity index (χ4v) is 18.8. The summed E-state index contributed by atoms with van der Waals surface area (Å²) in [6.45, 7) is 23.6. The van der Waals surface area contributed by atoms with Gasteiger partial charge in [0.25, 0.3) is 0 Å². The van der Waals surface area contributed by atoms with Crippen molar-refractivity contribution in [2.75, 3.05) is 0 Å². The minimum atomic E-state index is -2.91. The summed E-state index contributed by atoms with van der Waals surface area (Å²) < 4.78 is 3.93. The Kier molecular flexibility index (Phi) is 13.9. The Morgan fingerprint density at radius 2 is 1.00 bits per heavy atom. The van der Waals surface area contributed by atoms with Crippen LogP contribution in [-0.4, -0.2) is 3.21 Å². The Hall–Kier alpha value is -3.87. The van der Waals surface area contributed by atoms with Gasteiger partial charge in [-0.2, -0.15) is 0 Å². The van der Waals surface area contributed by atoms with Gasteiger partial charge in [-0.25, -0.2) is 0 Å². The molecule has 0 aliphatic heterocycles. The summed E-state index contributed by atoms with van der Waals surface area (Å²) in [6.07, 6.45) is 12.8. The molecule has 0 unspecified atom stereocenters. The first-order valence-electron chi connectivity index (χ1n) is 21.3. The molecule has 0 heterocycles. The Morgan fingerprint density at radius 1 is 0.533 bits per heavy atom. The van der Waals surface area contributed by atoms with Crippen LogP contribution in [0.25, 0.3) is 33.4 Å². The van der Waals surface area contributed by atoms with E-state index >= 15 is 0 Å². The molecule has 0 amide bonds. The minimum Gasteiger partial charge on any atom is -1.00 e. The molecule has 0 fully saturated rings. The second-order valence-corrected chi connectivity index (χ2v) is 26.0. The Balaban J connectivity index is 0.00000302. The molecule has 0 spiro atoms. The van der Waals surface area contributed by atoms with Crippen molar-refractivity contribution in [2.45, 2.75) is 103 Å². The molecule has 60 heavy (non-hydrogen) atoms. The smallest absolute Gasteiger partial charge is 1.00 e. The summed E-state index contributed by atoms with van der Waals surface area (Å²) in [5.74, 6) is 0. The van der Waals surface area contributed by atoms with Gasteiger partial charge >= 0.3 is 359 Å². The summed E-state index contributed by atoms with van der Waals surface area (Å²) in [7, 11) is 0. The number of halogens is 2. The number of allylic oxidation sites excluding steroid dienone is 4. The fourth-order valence-electron chi connectivity index (χ4n) is 9.82. The van der Waals surface area contributed by atoms with Gasteiger partial charge in [0.15, 0.2) is 0 Å². The van der Waals surface area contributed by atoms with Crippen LogP contribution in [0.15, 0.2) is 140 Å². The van der Waals surface area contributed by atoms with Crippen LogP contribution >= 0.6 is 0 Å². The molecule has 0 saturated heterocycles. The van der Waals surface area contributed by atoms with E-state index in [4.69, 9.17) is 0 Å². The third-order valence-corrected chi connectivity index (χ3v) is 20.3. The molecule has 0 aromatic heterocycles. The molecular weight excluding hydrogens is 847 g/mol. The molecular formula is C57H60Cl2Zr. The number of aryl methyl sites for hydroxylation is 4. The summed E-state index contributed by atoms with van der Waals surface area (Å²) >= 11 is -2.91. The maximum Gasteiger partial charge on any atom is -1.00 e. The SMILES string of the molecule is Cc1cc(C)cc(-c2cc3c(cc2C(C)(C)C)-c2cc(C(C)(C)C)c(-c4cc(C)cc(C)c4)[c]([Zr+2](=[C](Cc4ccccc4)Cc4ccccc4)[CH]4C=CC=C4)c2C3)c1.[Cl-].[Cl-]. The normalized spacial score (nSPS) is 12.9. The van der Waals surface area contributed by atoms with Gasteiger partial charge in [0.1, 0.15) is 0 Å². The predicted octanol–water partition coefficient (Wildman–Crippen LogP) is 8.24. The second kappa shape index (κ2) is 18.2. The van der Waals surface area contributed by atoms with Gasteiger partial charge < -0.3 is 24.8 Å². The molecule has 0 nitrogen and oxygen atoms in total. The van der Waals surface area contributed by atoms with E-state index < -0.39 is 21.3 Å². The first-order chi connectivity index (χ1) is 27.6. The maximum atomic E-state index is 2.65. The zero-order valence-electron chi connectivity index (χ0n) is 37.2. The quantitative estimate of drug-likeness (QED) is 0.144. The molecule has 2 aliphatic carbocycles. The van der Waals surface area contributed by atoms with E-state index in [0.717, 1.165) is 19.3 Å². The van der Waals surface area contributed by atoms with Crippen molar-refractivity contribution in [3.63, 3.8) is 0 Å². The van der Waals surface area contributed by atoms with Crippen LogP contribution in [0.4, 0.5) is 0 Å². The number of rotatable bonds is 8. The third kappa shape index (κ3) is 9.46. The molecule has 6 aromatic carbocycles. The topological polar surface area (TPSA) is 0 Å².